The molecule has 0 bridgehead atoms. The van der Waals surface area contributed by atoms with Crippen molar-refractivity contribution in [2.45, 2.75) is 45.9 Å². The molecule has 9 heteroatoms. The zero-order valence-electron chi connectivity index (χ0n) is 20.2. The van der Waals surface area contributed by atoms with Crippen molar-refractivity contribution in [2.75, 3.05) is 36.9 Å². The number of rotatable bonds is 13. The molecule has 186 valence electrons. The molecule has 4 N–H and O–H groups in total. The minimum Gasteiger partial charge on any atom is -0.491 e. The summed E-state index contributed by atoms with van der Waals surface area (Å²) >= 11 is 0. The normalized spacial score (nSPS) is 12.8. The van der Waals surface area contributed by atoms with Gasteiger partial charge < -0.3 is 30.3 Å². The first-order valence-electron chi connectivity index (χ1n) is 11.2. The summed E-state index contributed by atoms with van der Waals surface area (Å²) in [7, 11) is 0. The smallest absolute Gasteiger partial charge is 0.221 e. The van der Waals surface area contributed by atoms with Gasteiger partial charge in [-0.25, -0.2) is 0 Å². The molecule has 0 aliphatic carbocycles. The third-order valence-electron chi connectivity index (χ3n) is 4.85. The van der Waals surface area contributed by atoms with Crippen LogP contribution in [0.15, 0.2) is 48.5 Å². The van der Waals surface area contributed by atoms with Gasteiger partial charge in [0.1, 0.15) is 36.9 Å². The molecular weight excluding hydrogens is 438 g/mol. The van der Waals surface area contributed by atoms with E-state index in [1.54, 1.807) is 48.5 Å². The summed E-state index contributed by atoms with van der Waals surface area (Å²) in [5.41, 5.74) is 1.34. The van der Waals surface area contributed by atoms with Gasteiger partial charge in [-0.05, 0) is 62.4 Å². The maximum atomic E-state index is 11.1. The fourth-order valence-electron chi connectivity index (χ4n) is 3.20. The van der Waals surface area contributed by atoms with Crippen molar-refractivity contribution in [3.8, 4) is 11.5 Å². The lowest BCUT2D eigenvalue weighted by Crippen LogP contribution is -2.45. The van der Waals surface area contributed by atoms with Crippen molar-refractivity contribution >= 4 is 23.2 Å². The van der Waals surface area contributed by atoms with Crippen LogP contribution in [0.5, 0.6) is 11.5 Å². The molecule has 9 nitrogen and oxygen atoms in total. The second-order valence-electron chi connectivity index (χ2n) is 8.39. The highest BCUT2D eigenvalue weighted by Gasteiger charge is 2.19. The van der Waals surface area contributed by atoms with E-state index in [4.69, 9.17) is 9.47 Å². The van der Waals surface area contributed by atoms with Crippen LogP contribution in [0.4, 0.5) is 11.4 Å². The summed E-state index contributed by atoms with van der Waals surface area (Å²) < 4.78 is 11.3. The summed E-state index contributed by atoms with van der Waals surface area (Å²) in [4.78, 5) is 24.1. The van der Waals surface area contributed by atoms with Crippen LogP contribution in [-0.2, 0) is 9.59 Å². The molecule has 0 aliphatic rings. The largest absolute Gasteiger partial charge is 0.491 e. The molecule has 0 spiro atoms. The number of nitrogens with one attached hydrogen (secondary N) is 2. The van der Waals surface area contributed by atoms with Gasteiger partial charge in [0, 0.05) is 44.4 Å². The minimum absolute atomic E-state index is 0.0932. The molecule has 0 aliphatic heterocycles. The highest BCUT2D eigenvalue weighted by molar-refractivity contribution is 5.89. The van der Waals surface area contributed by atoms with Gasteiger partial charge >= 0.3 is 0 Å². The Kier molecular flexibility index (Phi) is 10.8. The van der Waals surface area contributed by atoms with Gasteiger partial charge in [-0.2, -0.15) is 0 Å². The molecule has 2 aromatic carbocycles. The van der Waals surface area contributed by atoms with Gasteiger partial charge in [0.15, 0.2) is 0 Å². The van der Waals surface area contributed by atoms with Gasteiger partial charge in [-0.1, -0.05) is 0 Å². The molecule has 2 amide bonds. The van der Waals surface area contributed by atoms with Crippen LogP contribution in [0, 0.1) is 0 Å². The van der Waals surface area contributed by atoms with Crippen molar-refractivity contribution in [1.29, 1.82) is 0 Å². The summed E-state index contributed by atoms with van der Waals surface area (Å²) in [6.07, 6.45) is -1.52. The topological polar surface area (TPSA) is 120 Å². The van der Waals surface area contributed by atoms with E-state index in [1.165, 1.54) is 13.8 Å². The Balaban J connectivity index is 1.77. The maximum absolute atomic E-state index is 11.1. The predicted octanol–water partition coefficient (Wildman–Crippen LogP) is 2.49. The minimum atomic E-state index is -0.758. The van der Waals surface area contributed by atoms with Gasteiger partial charge in [-0.15, -0.1) is 0 Å². The number of benzene rings is 2. The molecule has 0 heterocycles. The monoisotopic (exact) mass is 473 g/mol. The van der Waals surface area contributed by atoms with E-state index >= 15 is 0 Å². The number of carbonyl (C=O) groups is 2. The number of anilines is 2. The Bertz CT molecular complexity index is 830. The molecule has 2 rings (SSSR count). The van der Waals surface area contributed by atoms with E-state index in [1.807, 2.05) is 18.7 Å². The molecule has 2 atom stereocenters. The third kappa shape index (κ3) is 10.2. The van der Waals surface area contributed by atoms with Crippen molar-refractivity contribution in [3.05, 3.63) is 48.5 Å². The van der Waals surface area contributed by atoms with Crippen LogP contribution < -0.4 is 20.1 Å². The number of ether oxygens (including phenoxy) is 2. The molecular formula is C25H35N3O6. The van der Waals surface area contributed by atoms with Crippen LogP contribution in [0.1, 0.15) is 27.7 Å². The van der Waals surface area contributed by atoms with Gasteiger partial charge in [0.2, 0.25) is 11.8 Å². The van der Waals surface area contributed by atoms with E-state index in [9.17, 15) is 19.8 Å². The molecule has 0 saturated heterocycles. The van der Waals surface area contributed by atoms with E-state index in [0.29, 0.717) is 36.0 Å². The molecule has 0 unspecified atom stereocenters. The Morgan fingerprint density at radius 3 is 1.41 bits per heavy atom. The highest BCUT2D eigenvalue weighted by Crippen LogP contribution is 2.17. The Morgan fingerprint density at radius 2 is 1.12 bits per heavy atom. The number of hydrogen-bond donors (Lipinski definition) is 4. The second-order valence-corrected chi connectivity index (χ2v) is 8.39. The summed E-state index contributed by atoms with van der Waals surface area (Å²) in [5, 5.41) is 26.3. The first kappa shape index (κ1) is 27.1. The van der Waals surface area contributed by atoms with Crippen molar-refractivity contribution in [2.24, 2.45) is 0 Å². The maximum Gasteiger partial charge on any atom is 0.221 e. The van der Waals surface area contributed by atoms with Crippen molar-refractivity contribution in [3.63, 3.8) is 0 Å². The van der Waals surface area contributed by atoms with Crippen LogP contribution in [0.2, 0.25) is 0 Å². The van der Waals surface area contributed by atoms with Crippen LogP contribution in [0.3, 0.4) is 0 Å². The lowest BCUT2D eigenvalue weighted by Gasteiger charge is -2.30. The lowest BCUT2D eigenvalue weighted by molar-refractivity contribution is -0.115. The predicted molar refractivity (Wildman–Crippen MR) is 131 cm³/mol. The second kappa shape index (κ2) is 13.5. The number of nitrogens with zero attached hydrogens (tertiary/aromatic N) is 1. The molecule has 0 fully saturated rings. The molecule has 34 heavy (non-hydrogen) atoms. The van der Waals surface area contributed by atoms with E-state index in [2.05, 4.69) is 10.6 Å². The van der Waals surface area contributed by atoms with E-state index < -0.39 is 12.2 Å². The standard InChI is InChI=1S/C25H35N3O6/c1-17(2)28(13-22(31)15-33-24-9-5-20(6-10-24)26-18(3)29)14-23(32)16-34-25-11-7-21(8-12-25)27-19(4)30/h5-12,17,22-23,31-32H,13-16H2,1-4H3,(H,26,29)(H,27,30)/t22-,23-/m1/s1. The zero-order valence-corrected chi connectivity index (χ0v) is 20.2. The molecule has 2 aromatic rings. The fourth-order valence-corrected chi connectivity index (χ4v) is 3.20. The van der Waals surface area contributed by atoms with Crippen molar-refractivity contribution < 1.29 is 29.3 Å². The molecule has 0 saturated carbocycles. The average molecular weight is 474 g/mol. The Morgan fingerprint density at radius 1 is 0.765 bits per heavy atom. The van der Waals surface area contributed by atoms with Crippen LogP contribution in [0.25, 0.3) is 0 Å². The van der Waals surface area contributed by atoms with Gasteiger partial charge in [0.05, 0.1) is 0 Å². The fraction of sp³-hybridized carbons (Fsp3) is 0.440. The number of amides is 2. The SMILES string of the molecule is CC(=O)Nc1ccc(OC[C@H](O)CN(C[C@@H](O)COc2ccc(NC(C)=O)cc2)C(C)C)cc1. The summed E-state index contributed by atoms with van der Waals surface area (Å²) in [6, 6.07) is 13.9. The van der Waals surface area contributed by atoms with Gasteiger partial charge in [0.25, 0.3) is 0 Å². The van der Waals surface area contributed by atoms with Crippen molar-refractivity contribution in [1.82, 2.24) is 4.90 Å². The van der Waals surface area contributed by atoms with Gasteiger partial charge in [-0.3, -0.25) is 14.5 Å². The third-order valence-corrected chi connectivity index (χ3v) is 4.85. The Hall–Kier alpha value is -3.14. The first-order chi connectivity index (χ1) is 16.1. The van der Waals surface area contributed by atoms with E-state index in [-0.39, 0.29) is 31.1 Å². The average Bonchev–Trinajstić information content (AvgIpc) is 2.77. The number of hydrogen-bond acceptors (Lipinski definition) is 7. The number of aliphatic hydroxyl groups is 2. The first-order valence-corrected chi connectivity index (χ1v) is 11.2. The highest BCUT2D eigenvalue weighted by atomic mass is 16.5. The zero-order chi connectivity index (χ0) is 25.1. The quantitative estimate of drug-likeness (QED) is 0.353. The number of carbonyl (C=O) groups excluding carboxylic acids is 2. The van der Waals surface area contributed by atoms with E-state index in [0.717, 1.165) is 0 Å². The molecule has 0 radical (unpaired) electrons. The van der Waals surface area contributed by atoms with Crippen LogP contribution in [-0.4, -0.2) is 71.5 Å². The molecule has 0 aromatic heterocycles. The number of aliphatic hydroxyl groups excluding tert-OH is 2. The summed E-state index contributed by atoms with van der Waals surface area (Å²) in [5.74, 6) is 0.875. The summed E-state index contributed by atoms with van der Waals surface area (Å²) in [6.45, 7) is 7.69. The lowest BCUT2D eigenvalue weighted by atomic mass is 10.2. The Labute approximate surface area is 200 Å². The van der Waals surface area contributed by atoms with Crippen LogP contribution >= 0.6 is 0 Å².